The van der Waals surface area contributed by atoms with Gasteiger partial charge in [0.15, 0.2) is 0 Å². The van der Waals surface area contributed by atoms with Gasteiger partial charge in [-0.25, -0.2) is 0 Å². The Morgan fingerprint density at radius 2 is 1.54 bits per heavy atom. The van der Waals surface area contributed by atoms with Gasteiger partial charge < -0.3 is 24.8 Å². The van der Waals surface area contributed by atoms with Gasteiger partial charge in [0.25, 0.3) is 0 Å². The van der Waals surface area contributed by atoms with Crippen LogP contribution in [-0.2, 0) is 28.8 Å². The van der Waals surface area contributed by atoms with Gasteiger partial charge in [0.05, 0.1) is 0 Å². The van der Waals surface area contributed by atoms with Gasteiger partial charge in [-0.05, 0) is 0 Å². The van der Waals surface area contributed by atoms with E-state index in [4.69, 9.17) is 0 Å². The fraction of sp³-hybridized carbons (Fsp3) is 0.212. The largest absolute Gasteiger partial charge is 1.00 e. The third-order valence-electron chi connectivity index (χ3n) is 7.69. The van der Waals surface area contributed by atoms with Crippen LogP contribution in [0.2, 0.25) is 13.1 Å². The van der Waals surface area contributed by atoms with Crippen LogP contribution >= 0.6 is 0 Å². The second kappa shape index (κ2) is 11.6. The topological polar surface area (TPSA) is 0 Å². The second-order valence-electron chi connectivity index (χ2n) is 10.4. The normalized spacial score (nSPS) is 14.6. The summed E-state index contributed by atoms with van der Waals surface area (Å²) >= 11 is -0.561. The van der Waals surface area contributed by atoms with E-state index in [1.165, 1.54) is 44.5 Å². The molecular weight excluding hydrogens is 587 g/mol. The summed E-state index contributed by atoms with van der Waals surface area (Å²) in [6.07, 6.45) is 4.74. The van der Waals surface area contributed by atoms with Crippen LogP contribution in [0.4, 0.5) is 0 Å². The van der Waals surface area contributed by atoms with Crippen molar-refractivity contribution in [3.63, 3.8) is 0 Å². The zero-order valence-corrected chi connectivity index (χ0v) is 27.0. The molecule has 4 aromatic rings. The third kappa shape index (κ3) is 5.04. The Labute approximate surface area is 246 Å². The summed E-state index contributed by atoms with van der Waals surface area (Å²) in [6, 6.07) is 30.2. The van der Waals surface area contributed by atoms with Gasteiger partial charge in [0, 0.05) is 0 Å². The maximum Gasteiger partial charge on any atom is -1.00 e. The molecule has 1 atom stereocenters. The number of allylic oxidation sites excluding steroid dienone is 1. The van der Waals surface area contributed by atoms with Crippen LogP contribution < -0.4 is 28.1 Å². The summed E-state index contributed by atoms with van der Waals surface area (Å²) in [7, 11) is 0. The van der Waals surface area contributed by atoms with E-state index < -0.39 is 28.3 Å². The Bertz CT molecular complexity index is 1470. The van der Waals surface area contributed by atoms with Gasteiger partial charge in [0.1, 0.15) is 0 Å². The molecule has 0 aliphatic heterocycles. The zero-order valence-electron chi connectivity index (χ0n) is 21.9. The summed E-state index contributed by atoms with van der Waals surface area (Å²) < 4.78 is 1.76. The first kappa shape index (κ1) is 28.3. The van der Waals surface area contributed by atoms with Crippen molar-refractivity contribution in [2.45, 2.75) is 45.7 Å². The molecule has 0 saturated heterocycles. The van der Waals surface area contributed by atoms with Crippen molar-refractivity contribution >= 4 is 15.3 Å². The van der Waals surface area contributed by atoms with Gasteiger partial charge in [-0.2, -0.15) is 0 Å². The van der Waals surface area contributed by atoms with Crippen molar-refractivity contribution in [3.05, 3.63) is 118 Å². The van der Waals surface area contributed by atoms with Crippen LogP contribution in [0.5, 0.6) is 0 Å². The smallest absolute Gasteiger partial charge is 1.00 e. The predicted molar refractivity (Wildman–Crippen MR) is 150 cm³/mol. The van der Waals surface area contributed by atoms with E-state index in [0.29, 0.717) is 5.92 Å². The number of rotatable bonds is 5. The van der Waals surface area contributed by atoms with Gasteiger partial charge in [-0.15, -0.1) is 0 Å². The van der Waals surface area contributed by atoms with Gasteiger partial charge in [0.2, 0.25) is 0 Å². The Kier molecular flexibility index (Phi) is 8.86. The third-order valence-corrected chi connectivity index (χ3v) is 16.2. The predicted octanol–water partition coefficient (Wildman–Crippen LogP) is 1.87. The van der Waals surface area contributed by atoms with Crippen molar-refractivity contribution in [3.8, 4) is 22.3 Å². The number of hydrogen-bond acceptors (Lipinski definition) is 0. The van der Waals surface area contributed by atoms with Gasteiger partial charge in [-0.1, -0.05) is 0 Å². The molecule has 0 radical (unpaired) electrons. The molecule has 0 amide bonds. The fourth-order valence-corrected chi connectivity index (χ4v) is 14.3. The van der Waals surface area contributed by atoms with Crippen LogP contribution in [-0.4, -0.2) is 5.92 Å². The molecule has 0 nitrogen and oxygen atoms in total. The fourth-order valence-electron chi connectivity index (χ4n) is 6.10. The van der Waals surface area contributed by atoms with E-state index in [9.17, 15) is 0 Å². The molecule has 4 aromatic carbocycles. The van der Waals surface area contributed by atoms with Crippen LogP contribution in [0.15, 0.2) is 84.4 Å². The summed E-state index contributed by atoms with van der Waals surface area (Å²) in [4.78, 5) is 0. The first-order chi connectivity index (χ1) is 17.0. The molecule has 1 unspecified atom stereocenters. The van der Waals surface area contributed by atoms with Crippen LogP contribution in [0.3, 0.4) is 0 Å². The first-order valence-electron chi connectivity index (χ1n) is 13.0. The summed E-state index contributed by atoms with van der Waals surface area (Å²) in [5, 5.41) is 0. The molecule has 6 rings (SSSR count). The maximum absolute atomic E-state index is 2.56. The van der Waals surface area contributed by atoms with Crippen molar-refractivity contribution < 1.29 is 47.2 Å². The zero-order chi connectivity index (χ0) is 24.1. The Morgan fingerprint density at radius 1 is 0.811 bits per heavy atom. The average molecular weight is 619 g/mol. The molecule has 4 heteroatoms. The minimum Gasteiger partial charge on any atom is -1.00 e. The average Bonchev–Trinajstić information content (AvgIpc) is 3.42. The molecule has 37 heavy (non-hydrogen) atoms. The quantitative estimate of drug-likeness (QED) is 0.264. The Hall–Kier alpha value is -1.70. The standard InChI is InChI=1S/C31H25.C2H7Si.2ClH.Zr/c1-3-21-18-29-24(22-16-14-20(2)15-17-22)10-6-12-27(29)31(21)28-13-7-11-26-25-9-5-4-8-23(25)19-30(26)28;1-3-2;;;/h4-12,14-18,31H,3,19H2,1-2H3;3H,1-2H3;2*1H;/q;;;;+2/p-2. The van der Waals surface area contributed by atoms with Gasteiger partial charge >= 0.3 is 223 Å². The van der Waals surface area contributed by atoms with E-state index in [1.807, 2.05) is 0 Å². The molecule has 0 fully saturated rings. The van der Waals surface area contributed by atoms with Crippen molar-refractivity contribution in [1.29, 1.82) is 0 Å². The summed E-state index contributed by atoms with van der Waals surface area (Å²) in [5.74, 6) is -0.189. The van der Waals surface area contributed by atoms with Crippen LogP contribution in [0.25, 0.3) is 28.3 Å². The number of aryl methyl sites for hydroxylation is 1. The van der Waals surface area contributed by atoms with Crippen LogP contribution in [0, 0.1) is 6.92 Å². The monoisotopic (exact) mass is 616 g/mol. The molecule has 0 saturated carbocycles. The van der Waals surface area contributed by atoms with Crippen LogP contribution in [0.1, 0.15) is 52.6 Å². The number of fused-ring (bicyclic) bond motifs is 4. The van der Waals surface area contributed by atoms with E-state index >= 15 is 0 Å². The second-order valence-corrected chi connectivity index (χ2v) is 24.9. The maximum atomic E-state index is 2.56. The molecule has 0 N–H and O–H groups in total. The Balaban J connectivity index is 0.00000160. The number of halogens is 2. The van der Waals surface area contributed by atoms with Crippen molar-refractivity contribution in [1.82, 2.24) is 0 Å². The van der Waals surface area contributed by atoms with E-state index in [2.05, 4.69) is 112 Å². The molecule has 0 bridgehead atoms. The molecule has 0 aromatic heterocycles. The molecular formula is C33H32Cl2SiZr. The van der Waals surface area contributed by atoms with Gasteiger partial charge in [-0.3, -0.25) is 0 Å². The van der Waals surface area contributed by atoms with Crippen molar-refractivity contribution in [2.75, 3.05) is 0 Å². The van der Waals surface area contributed by atoms with Crippen molar-refractivity contribution in [2.24, 2.45) is 0 Å². The molecule has 0 spiro atoms. The van der Waals surface area contributed by atoms with E-state index in [1.54, 1.807) is 20.0 Å². The summed E-state index contributed by atoms with van der Waals surface area (Å²) in [6.45, 7) is 9.65. The minimum absolute atomic E-state index is 0. The minimum atomic E-state index is -0.599. The van der Waals surface area contributed by atoms with E-state index in [0.717, 1.165) is 12.8 Å². The molecule has 2 aliphatic rings. The first-order valence-corrected chi connectivity index (χ1v) is 21.3. The summed E-state index contributed by atoms with van der Waals surface area (Å²) in [5.41, 5.74) is 16.4. The Morgan fingerprint density at radius 3 is 2.27 bits per heavy atom. The molecule has 2 aliphatic carbocycles. The SMILES string of the molecule is CCC1=Cc2c(-c3ccc(C)cc3)cccc2C1c1[c]([Zr+2][SiH](C)C)ccc2c1Cc1ccccc1-2.[Cl-].[Cl-]. The number of benzene rings is 4. The number of hydrogen-bond donors (Lipinski definition) is 0. The van der Waals surface area contributed by atoms with E-state index in [-0.39, 0.29) is 24.8 Å². The molecule has 186 valence electrons. The molecule has 0 heterocycles.